The van der Waals surface area contributed by atoms with E-state index in [2.05, 4.69) is 4.74 Å². The van der Waals surface area contributed by atoms with Crippen LogP contribution in [0.15, 0.2) is 69.3 Å². The molecule has 3 aliphatic heterocycles. The number of aliphatic hydroxyl groups excluding tert-OH is 8. The predicted molar refractivity (Wildman–Crippen MR) is 292 cm³/mol. The van der Waals surface area contributed by atoms with Crippen LogP contribution in [0, 0.1) is 22.7 Å². The molecule has 4 aliphatic carbocycles. The zero-order valence-corrected chi connectivity index (χ0v) is 46.1. The summed E-state index contributed by atoms with van der Waals surface area (Å²) in [5.41, 5.74) is -4.81. The van der Waals surface area contributed by atoms with Crippen LogP contribution in [0.25, 0.3) is 33.7 Å². The van der Waals surface area contributed by atoms with Gasteiger partial charge in [0.15, 0.2) is 45.8 Å². The number of aromatic hydroxyl groups is 2. The lowest BCUT2D eigenvalue weighted by atomic mass is 9.75. The number of rotatable bonds is 16. The van der Waals surface area contributed by atoms with Gasteiger partial charge in [-0.05, 0) is 99.5 Å². The van der Waals surface area contributed by atoms with Crippen molar-refractivity contribution in [2.45, 2.75) is 131 Å². The van der Waals surface area contributed by atoms with Gasteiger partial charge < -0.3 is 95.2 Å². The van der Waals surface area contributed by atoms with E-state index in [1.54, 1.807) is 19.9 Å². The van der Waals surface area contributed by atoms with Crippen molar-refractivity contribution < 1.29 is 119 Å². The number of cyclic esters (lactones) is 2. The average molecular weight is 1200 g/mol. The number of carboxylic acids is 2. The van der Waals surface area contributed by atoms with Gasteiger partial charge in [-0.1, -0.05) is 32.1 Å². The van der Waals surface area contributed by atoms with Crippen LogP contribution in [-0.4, -0.2) is 195 Å². The molecule has 4 aromatic carbocycles. The van der Waals surface area contributed by atoms with Gasteiger partial charge in [0, 0.05) is 48.6 Å². The van der Waals surface area contributed by atoms with Crippen molar-refractivity contribution in [3.05, 3.63) is 114 Å². The Bertz CT molecular complexity index is 3620. The smallest absolute Gasteiger partial charge is 0.331 e. The summed E-state index contributed by atoms with van der Waals surface area (Å²) in [6.07, 6.45) is -11.8. The standard InChI is InChI=1S/2C30H32O13/c1-12-20(11-31)42-26(25(36)23(12)34)41-5-4-29(27(37)43-28(29)38)10-14-6-13-7-15-9-19(33)22(30(15,39)40)16-2-3-18(32)21(24(14)35)17(16)8-13;1-12-20(11-31)43-27(26(37)23(12)34)42-5-4-30(28(38)39,29(40)41)10-15-7-13-6-14-9-19(33)21(24(14)35)16-2-3-18(32)22(25(15)36)17(16)8-13/h2-3,6-8,12,19-20,22-23,25-26,31-34,36,39-40H,4-5,9-11H2,1H3;2-3,6-8,12,19-21,23,26-27,31-34,37H,4-5,9-11H2,1H3,(H,38,39)(H,40,41)/b15-7+;14-6+. The van der Waals surface area contributed by atoms with Gasteiger partial charge in [-0.3, -0.25) is 33.6 Å². The first-order chi connectivity index (χ1) is 40.6. The number of carbonyl (C=O) groups excluding carboxylic acids is 3. The summed E-state index contributed by atoms with van der Waals surface area (Å²) in [5, 5.41) is 145. The third-order valence-corrected chi connectivity index (χ3v) is 18.2. The van der Waals surface area contributed by atoms with E-state index in [0.717, 1.165) is 0 Å². The van der Waals surface area contributed by atoms with Crippen LogP contribution in [0.3, 0.4) is 0 Å². The maximum Gasteiger partial charge on any atom is 0.331 e. The van der Waals surface area contributed by atoms with Gasteiger partial charge >= 0.3 is 23.9 Å². The van der Waals surface area contributed by atoms with Gasteiger partial charge in [0.1, 0.15) is 23.7 Å². The number of hydrogen-bond donors (Lipinski definition) is 14. The molecular formula is C60H64O26. The quantitative estimate of drug-likeness (QED) is 0.0357. The van der Waals surface area contributed by atoms with E-state index in [1.807, 2.05) is 0 Å². The minimum absolute atomic E-state index is 0.0405. The Labute approximate surface area is 486 Å². The van der Waals surface area contributed by atoms with Crippen LogP contribution < -0.4 is 10.9 Å². The molecule has 0 radical (unpaired) electrons. The molecule has 14 N–H and O–H groups in total. The number of phenolic OH excluding ortho intramolecular Hbond substituents is 2. The average Bonchev–Trinajstić information content (AvgIpc) is 1.51. The van der Waals surface area contributed by atoms with Crippen LogP contribution in [0.1, 0.15) is 84.7 Å². The number of Topliss-reactive ketones (excluding diaryl/α,β-unsaturated/α-hetero) is 1. The molecule has 86 heavy (non-hydrogen) atoms. The number of fused-ring (bicyclic) bond motifs is 8. The van der Waals surface area contributed by atoms with E-state index in [0.29, 0.717) is 11.1 Å². The Morgan fingerprint density at radius 2 is 1.16 bits per heavy atom. The Morgan fingerprint density at radius 1 is 0.651 bits per heavy atom. The minimum atomic E-state index is -2.62. The lowest BCUT2D eigenvalue weighted by molar-refractivity contribution is -0.289. The summed E-state index contributed by atoms with van der Waals surface area (Å²) in [4.78, 5) is 91.6. The summed E-state index contributed by atoms with van der Waals surface area (Å²) in [6.45, 7) is 1.28. The lowest BCUT2D eigenvalue weighted by Gasteiger charge is -2.41. The summed E-state index contributed by atoms with van der Waals surface area (Å²) in [7, 11) is 0. The summed E-state index contributed by atoms with van der Waals surface area (Å²) in [5.74, 6) is -12.4. The van der Waals surface area contributed by atoms with Crippen molar-refractivity contribution in [1.82, 2.24) is 0 Å². The van der Waals surface area contributed by atoms with Crippen molar-refractivity contribution in [3.63, 3.8) is 0 Å². The summed E-state index contributed by atoms with van der Waals surface area (Å²) < 4.78 is 26.7. The molecule has 8 bridgehead atoms. The molecule has 11 rings (SSSR count). The maximum atomic E-state index is 13.9. The first kappa shape index (κ1) is 62.1. The van der Waals surface area contributed by atoms with Crippen molar-refractivity contribution in [2.75, 3.05) is 26.4 Å². The lowest BCUT2D eigenvalue weighted by Crippen LogP contribution is -2.57. The Kier molecular flexibility index (Phi) is 16.8. The van der Waals surface area contributed by atoms with Gasteiger partial charge in [-0.15, -0.1) is 0 Å². The number of aliphatic hydroxyl groups is 10. The topological polar surface area (TPSA) is 449 Å². The molecule has 14 unspecified atom stereocenters. The second-order valence-corrected chi connectivity index (χ2v) is 23.3. The van der Waals surface area contributed by atoms with Gasteiger partial charge in [0.2, 0.25) is 0 Å². The van der Waals surface area contributed by atoms with Crippen molar-refractivity contribution in [3.8, 4) is 11.5 Å². The number of ketones is 1. The molecule has 3 saturated heterocycles. The van der Waals surface area contributed by atoms with Crippen LogP contribution in [0.5, 0.6) is 11.5 Å². The first-order valence-corrected chi connectivity index (χ1v) is 27.7. The molecule has 3 heterocycles. The van der Waals surface area contributed by atoms with Gasteiger partial charge in [-0.2, -0.15) is 0 Å². The van der Waals surface area contributed by atoms with Crippen LogP contribution >= 0.6 is 0 Å². The molecule has 2 saturated carbocycles. The highest BCUT2D eigenvalue weighted by Crippen LogP contribution is 2.50. The number of carboxylic acid groups (broad SMARTS) is 2. The molecule has 0 amide bonds. The second kappa shape index (κ2) is 23.3. The maximum absolute atomic E-state index is 13.9. The number of phenols is 2. The number of esters is 2. The van der Waals surface area contributed by atoms with Crippen molar-refractivity contribution >= 4 is 63.4 Å². The fraction of sp³-hybridized carbons (Fsp3) is 0.483. The summed E-state index contributed by atoms with van der Waals surface area (Å²) in [6, 6.07) is 11.0. The zero-order chi connectivity index (χ0) is 62.4. The number of ether oxygens (including phenoxy) is 5. The molecule has 26 nitrogen and oxygen atoms in total. The normalized spacial score (nSPS) is 31.5. The zero-order valence-electron chi connectivity index (χ0n) is 46.1. The van der Waals surface area contributed by atoms with E-state index in [9.17, 15) is 105 Å². The van der Waals surface area contributed by atoms with E-state index in [1.165, 1.54) is 54.6 Å². The molecule has 0 aromatic heterocycles. The highest BCUT2D eigenvalue weighted by molar-refractivity contribution is 6.14. The van der Waals surface area contributed by atoms with E-state index < -0.39 is 187 Å². The number of hydrogen-bond acceptors (Lipinski definition) is 24. The first-order valence-electron chi connectivity index (χ1n) is 27.7. The number of carbonyl (C=O) groups is 5. The van der Waals surface area contributed by atoms with E-state index in [4.69, 9.17) is 18.9 Å². The third kappa shape index (κ3) is 10.4. The molecule has 460 valence electrons. The fourth-order valence-corrected chi connectivity index (χ4v) is 13.0. The van der Waals surface area contributed by atoms with Crippen LogP contribution in [-0.2, 0) is 60.5 Å². The highest BCUT2D eigenvalue weighted by Gasteiger charge is 2.59. The molecule has 0 spiro atoms. The Hall–Kier alpha value is -6.99. The molecule has 14 atom stereocenters. The molecular weight excluding hydrogens is 1140 g/mol. The largest absolute Gasteiger partial charge is 0.507 e. The second-order valence-electron chi connectivity index (χ2n) is 23.3. The molecule has 5 fully saturated rings. The van der Waals surface area contributed by atoms with Crippen LogP contribution in [0.2, 0.25) is 0 Å². The van der Waals surface area contributed by atoms with Gasteiger partial charge in [-0.25, -0.2) is 0 Å². The van der Waals surface area contributed by atoms with Crippen molar-refractivity contribution in [1.29, 1.82) is 0 Å². The monoisotopic (exact) mass is 1200 g/mol. The Balaban J connectivity index is 0.000000191. The molecule has 26 heteroatoms. The summed E-state index contributed by atoms with van der Waals surface area (Å²) >= 11 is 0. The minimum Gasteiger partial charge on any atom is -0.507 e. The Morgan fingerprint density at radius 3 is 1.71 bits per heavy atom. The van der Waals surface area contributed by atoms with E-state index >= 15 is 0 Å². The van der Waals surface area contributed by atoms with Crippen molar-refractivity contribution in [2.24, 2.45) is 22.7 Å². The fourth-order valence-electron chi connectivity index (χ4n) is 13.0. The van der Waals surface area contributed by atoms with E-state index in [-0.39, 0.29) is 86.6 Å². The van der Waals surface area contributed by atoms with Gasteiger partial charge in [0.05, 0.1) is 85.7 Å². The SMILES string of the molecule is CC1C(CO)OC(OCCC(Cc2cc3cc4c(ccc(O)c4c2=O)C2C(=O)/C(=C/3)CC2O)(C(=O)O)C(=O)O)C(O)C1O.CC1C(CO)OC(OCCC2(Cc3cc4cc5c(ccc(O)c5c3=O)C3C(O)C/C(=C\4)C3(O)O)C(=O)OC2=O)C(O)C1O. The molecule has 7 aliphatic rings. The van der Waals surface area contributed by atoms with Gasteiger partial charge in [0.25, 0.3) is 0 Å². The number of benzene rings is 2. The molecule has 4 aromatic rings. The third-order valence-electron chi connectivity index (χ3n) is 18.2. The number of aliphatic carboxylic acids is 2. The predicted octanol–water partition coefficient (Wildman–Crippen LogP) is -1.17. The highest BCUT2D eigenvalue weighted by atomic mass is 16.7. The van der Waals surface area contributed by atoms with Crippen LogP contribution in [0.4, 0.5) is 0 Å².